The standard InChI is InChI=1S/C37H44N6O8/c1-24-33(46)41-30(21-26-7-4-3-5-8-26)34(47)39-17-20-50-28-10-12-29(13-11-28)51-37(36(49)42-32(25(2)44)35(48)40-24)14-18-43(19-15-37)31(45)22-27-9-6-16-38-23-27/h3-13,16,23-25,30,32,44H,14-15,17-22H2,1-2H3,(H,39,47)(H,40,48)(H,41,46)(H,42,49)/t24-,25+,30-,32?/m0/s1. The molecular formula is C37H44N6O8. The fourth-order valence-electron chi connectivity index (χ4n) is 5.98. The van der Waals surface area contributed by atoms with Gasteiger partial charge in [0, 0.05) is 44.7 Å². The van der Waals surface area contributed by atoms with Gasteiger partial charge in [-0.1, -0.05) is 36.4 Å². The molecule has 3 aromatic rings. The largest absolute Gasteiger partial charge is 0.492 e. The van der Waals surface area contributed by atoms with Crippen molar-refractivity contribution in [1.82, 2.24) is 31.2 Å². The highest BCUT2D eigenvalue weighted by atomic mass is 16.5. The molecule has 3 aliphatic rings. The maximum atomic E-state index is 14.1. The minimum atomic E-state index is -1.50. The quantitative estimate of drug-likeness (QED) is 0.239. The number of piperidine rings is 1. The van der Waals surface area contributed by atoms with Crippen molar-refractivity contribution in [2.45, 2.75) is 69.4 Å². The number of aliphatic hydroxyl groups is 1. The van der Waals surface area contributed by atoms with Crippen LogP contribution in [0.4, 0.5) is 0 Å². The van der Waals surface area contributed by atoms with Gasteiger partial charge in [-0.3, -0.25) is 29.0 Å². The summed E-state index contributed by atoms with van der Waals surface area (Å²) in [6.45, 7) is 3.48. The summed E-state index contributed by atoms with van der Waals surface area (Å²) in [5.74, 6) is -1.81. The van der Waals surface area contributed by atoms with Crippen LogP contribution in [-0.4, -0.2) is 101 Å². The SMILES string of the molecule is C[C@@H]1NC(=O)C([C@@H](C)O)NC(=O)C2(CCN(C(=O)Cc3cccnc3)CC2)Oc2ccc(cc2)OCCNC(=O)[C@H](Cc2ccccc2)NC1=O. The Morgan fingerprint density at radius 3 is 2.25 bits per heavy atom. The van der Waals surface area contributed by atoms with Crippen LogP contribution in [0.1, 0.15) is 37.8 Å². The molecule has 1 unspecified atom stereocenters. The van der Waals surface area contributed by atoms with E-state index in [1.165, 1.54) is 13.8 Å². The lowest BCUT2D eigenvalue weighted by atomic mass is 9.89. The molecular weight excluding hydrogens is 656 g/mol. The smallest absolute Gasteiger partial charge is 0.265 e. The maximum absolute atomic E-state index is 14.1. The zero-order valence-electron chi connectivity index (χ0n) is 28.7. The van der Waals surface area contributed by atoms with Crippen molar-refractivity contribution in [3.05, 3.63) is 90.3 Å². The third kappa shape index (κ3) is 9.81. The summed E-state index contributed by atoms with van der Waals surface area (Å²) < 4.78 is 12.2. The van der Waals surface area contributed by atoms with Crippen LogP contribution in [0.3, 0.4) is 0 Å². The Labute approximate surface area is 296 Å². The summed E-state index contributed by atoms with van der Waals surface area (Å²) in [4.78, 5) is 73.0. The van der Waals surface area contributed by atoms with Crippen LogP contribution in [-0.2, 0) is 36.8 Å². The van der Waals surface area contributed by atoms with Gasteiger partial charge in [0.25, 0.3) is 5.91 Å². The Morgan fingerprint density at radius 1 is 0.902 bits per heavy atom. The fraction of sp³-hybridized carbons (Fsp3) is 0.405. The first-order valence-corrected chi connectivity index (χ1v) is 17.0. The van der Waals surface area contributed by atoms with Crippen LogP contribution < -0.4 is 30.7 Å². The highest BCUT2D eigenvalue weighted by Crippen LogP contribution is 2.31. The zero-order valence-corrected chi connectivity index (χ0v) is 28.7. The normalized spacial score (nSPS) is 22.3. The summed E-state index contributed by atoms with van der Waals surface area (Å²) in [7, 11) is 0. The number of fused-ring (bicyclic) bond motifs is 15. The summed E-state index contributed by atoms with van der Waals surface area (Å²) in [6.07, 6.45) is 2.47. The van der Waals surface area contributed by atoms with Gasteiger partial charge in [0.2, 0.25) is 23.6 Å². The van der Waals surface area contributed by atoms with Gasteiger partial charge in [-0.2, -0.15) is 0 Å². The third-order valence-corrected chi connectivity index (χ3v) is 8.94. The number of carbonyl (C=O) groups is 5. The second-order valence-corrected chi connectivity index (χ2v) is 12.8. The molecule has 2 aromatic carbocycles. The number of nitrogens with one attached hydrogen (secondary N) is 4. The molecule has 0 saturated carbocycles. The lowest BCUT2D eigenvalue weighted by Crippen LogP contribution is -2.64. The zero-order chi connectivity index (χ0) is 36.4. The first-order valence-electron chi connectivity index (χ1n) is 17.0. The van der Waals surface area contributed by atoms with E-state index >= 15 is 0 Å². The number of amides is 5. The number of benzene rings is 2. The van der Waals surface area contributed by atoms with Crippen molar-refractivity contribution in [3.63, 3.8) is 0 Å². The van der Waals surface area contributed by atoms with Gasteiger partial charge >= 0.3 is 0 Å². The molecule has 14 heteroatoms. The van der Waals surface area contributed by atoms with Crippen molar-refractivity contribution in [2.24, 2.45) is 0 Å². The van der Waals surface area contributed by atoms with E-state index in [9.17, 15) is 29.1 Å². The van der Waals surface area contributed by atoms with Crippen molar-refractivity contribution in [3.8, 4) is 11.5 Å². The minimum Gasteiger partial charge on any atom is -0.492 e. The molecule has 1 saturated heterocycles. The number of likely N-dealkylation sites (tertiary alicyclic amines) is 1. The van der Waals surface area contributed by atoms with Gasteiger partial charge in [-0.05, 0) is 55.3 Å². The molecule has 1 aromatic heterocycles. The van der Waals surface area contributed by atoms with Crippen LogP contribution in [0.15, 0.2) is 79.1 Å². The Balaban J connectivity index is 1.37. The summed E-state index contributed by atoms with van der Waals surface area (Å²) >= 11 is 0. The summed E-state index contributed by atoms with van der Waals surface area (Å²) in [5, 5.41) is 21.4. The number of carbonyl (C=O) groups excluding carboxylic acids is 5. The molecule has 0 aliphatic carbocycles. The number of nitrogens with zero attached hydrogens (tertiary/aromatic N) is 2. The van der Waals surface area contributed by atoms with E-state index in [0.29, 0.717) is 11.5 Å². The number of hydrogen-bond acceptors (Lipinski definition) is 9. The third-order valence-electron chi connectivity index (χ3n) is 8.94. The molecule has 14 nitrogen and oxygen atoms in total. The molecule has 3 aliphatic heterocycles. The Hall–Kier alpha value is -5.50. The monoisotopic (exact) mass is 700 g/mol. The van der Waals surface area contributed by atoms with Crippen molar-refractivity contribution >= 4 is 29.5 Å². The van der Waals surface area contributed by atoms with E-state index in [4.69, 9.17) is 9.47 Å². The molecule has 4 atom stereocenters. The lowest BCUT2D eigenvalue weighted by Gasteiger charge is -2.41. The molecule has 51 heavy (non-hydrogen) atoms. The van der Waals surface area contributed by atoms with Gasteiger partial charge < -0.3 is 40.7 Å². The first kappa shape index (κ1) is 36.8. The average molecular weight is 701 g/mol. The maximum Gasteiger partial charge on any atom is 0.265 e. The number of rotatable bonds is 5. The number of aliphatic hydroxyl groups excluding tert-OH is 1. The Kier molecular flexibility index (Phi) is 12.2. The van der Waals surface area contributed by atoms with Crippen molar-refractivity contribution < 1.29 is 38.6 Å². The van der Waals surface area contributed by atoms with E-state index < -0.39 is 53.5 Å². The van der Waals surface area contributed by atoms with Crippen LogP contribution in [0.2, 0.25) is 0 Å². The number of pyridine rings is 1. The van der Waals surface area contributed by atoms with Crippen LogP contribution >= 0.6 is 0 Å². The predicted octanol–water partition coefficient (Wildman–Crippen LogP) is 0.671. The number of aromatic nitrogens is 1. The molecule has 2 bridgehead atoms. The molecule has 0 radical (unpaired) electrons. The number of ether oxygens (including phenoxy) is 2. The molecule has 5 N–H and O–H groups in total. The van der Waals surface area contributed by atoms with Crippen molar-refractivity contribution in [1.29, 1.82) is 0 Å². The minimum absolute atomic E-state index is 0.103. The molecule has 1 fully saturated rings. The summed E-state index contributed by atoms with van der Waals surface area (Å²) in [6, 6.07) is 15.8. The van der Waals surface area contributed by atoms with Gasteiger partial charge in [0.05, 0.1) is 19.1 Å². The summed E-state index contributed by atoms with van der Waals surface area (Å²) in [5.41, 5.74) is 0.0844. The first-order chi connectivity index (χ1) is 24.5. The van der Waals surface area contributed by atoms with Gasteiger partial charge in [0.15, 0.2) is 5.60 Å². The van der Waals surface area contributed by atoms with E-state index in [1.807, 2.05) is 36.4 Å². The van der Waals surface area contributed by atoms with Crippen LogP contribution in [0.5, 0.6) is 11.5 Å². The van der Waals surface area contributed by atoms with Crippen molar-refractivity contribution in [2.75, 3.05) is 26.2 Å². The molecule has 6 rings (SSSR count). The highest BCUT2D eigenvalue weighted by molar-refractivity contribution is 5.95. The highest BCUT2D eigenvalue weighted by Gasteiger charge is 2.46. The van der Waals surface area contributed by atoms with Crippen LogP contribution in [0, 0.1) is 0 Å². The molecule has 5 amide bonds. The number of hydrogen-bond donors (Lipinski definition) is 5. The van der Waals surface area contributed by atoms with Gasteiger partial charge in [-0.15, -0.1) is 0 Å². The average Bonchev–Trinajstić information content (AvgIpc) is 3.13. The second kappa shape index (κ2) is 16.9. The van der Waals surface area contributed by atoms with E-state index in [0.717, 1.165) is 11.1 Å². The van der Waals surface area contributed by atoms with Gasteiger partial charge in [-0.25, -0.2) is 0 Å². The van der Waals surface area contributed by atoms with Gasteiger partial charge in [0.1, 0.15) is 36.2 Å². The Bertz CT molecular complexity index is 1660. The second-order valence-electron chi connectivity index (χ2n) is 12.8. The topological polar surface area (TPSA) is 188 Å². The van der Waals surface area contributed by atoms with E-state index in [-0.39, 0.29) is 57.8 Å². The van der Waals surface area contributed by atoms with E-state index in [2.05, 4.69) is 26.3 Å². The van der Waals surface area contributed by atoms with Crippen LogP contribution in [0.25, 0.3) is 0 Å². The Morgan fingerprint density at radius 2 is 1.59 bits per heavy atom. The lowest BCUT2D eigenvalue weighted by molar-refractivity contribution is -0.149. The molecule has 270 valence electrons. The van der Waals surface area contributed by atoms with E-state index in [1.54, 1.807) is 47.6 Å². The molecule has 4 heterocycles. The molecule has 1 spiro atoms. The predicted molar refractivity (Wildman–Crippen MR) is 185 cm³/mol. The fourth-order valence-corrected chi connectivity index (χ4v) is 5.98.